The maximum absolute atomic E-state index is 13.8. The van der Waals surface area contributed by atoms with Gasteiger partial charge in [-0.25, -0.2) is 14.4 Å². The highest BCUT2D eigenvalue weighted by Gasteiger charge is 2.22. The number of hydrogen-bond acceptors (Lipinski definition) is 3. The van der Waals surface area contributed by atoms with Crippen molar-refractivity contribution in [1.82, 2.24) is 9.97 Å². The molecule has 0 unspecified atom stereocenters. The first-order valence-electron chi connectivity index (χ1n) is 5.73. The second kappa shape index (κ2) is 4.05. The maximum Gasteiger partial charge on any atom is 0.220 e. The van der Waals surface area contributed by atoms with Gasteiger partial charge in [0.05, 0.1) is 11.2 Å². The number of nitrogens with zero attached hydrogens (tertiary/aromatic N) is 2. The third-order valence-electron chi connectivity index (χ3n) is 2.78. The Morgan fingerprint density at radius 3 is 2.50 bits per heavy atom. The van der Waals surface area contributed by atoms with E-state index in [1.54, 1.807) is 6.07 Å². The van der Waals surface area contributed by atoms with Crippen LogP contribution < -0.4 is 5.73 Å². The summed E-state index contributed by atoms with van der Waals surface area (Å²) in [6.45, 7) is 9.68. The van der Waals surface area contributed by atoms with Gasteiger partial charge in [0.15, 0.2) is 0 Å². The molecule has 0 amide bonds. The Morgan fingerprint density at radius 2 is 1.94 bits per heavy atom. The Kier molecular flexibility index (Phi) is 2.81. The second-order valence-corrected chi connectivity index (χ2v) is 5.24. The van der Waals surface area contributed by atoms with Crippen molar-refractivity contribution in [2.45, 2.75) is 26.2 Å². The lowest BCUT2D eigenvalue weighted by Gasteiger charge is -2.21. The number of benzene rings is 1. The Bertz CT molecular complexity index is 627. The number of rotatable bonds is 1. The molecule has 1 heterocycles. The van der Waals surface area contributed by atoms with Crippen LogP contribution in [0.1, 0.15) is 32.0 Å². The number of halogens is 1. The summed E-state index contributed by atoms with van der Waals surface area (Å²) in [5.41, 5.74) is 7.27. The van der Waals surface area contributed by atoms with Crippen LogP contribution in [-0.2, 0) is 5.41 Å². The van der Waals surface area contributed by atoms with Crippen molar-refractivity contribution in [3.05, 3.63) is 35.8 Å². The number of nitrogens with two attached hydrogens (primary N) is 1. The number of fused-ring (bicyclic) bond motifs is 1. The van der Waals surface area contributed by atoms with E-state index in [-0.39, 0.29) is 17.2 Å². The largest absolute Gasteiger partial charge is 0.368 e. The fraction of sp³-hybridized carbons (Fsp3) is 0.286. The van der Waals surface area contributed by atoms with Crippen LogP contribution in [0.15, 0.2) is 18.7 Å². The molecule has 1 aromatic carbocycles. The van der Waals surface area contributed by atoms with Crippen molar-refractivity contribution in [3.8, 4) is 0 Å². The van der Waals surface area contributed by atoms with Crippen LogP contribution in [0.5, 0.6) is 0 Å². The summed E-state index contributed by atoms with van der Waals surface area (Å²) in [6.07, 6.45) is 1.49. The fourth-order valence-electron chi connectivity index (χ4n) is 1.99. The van der Waals surface area contributed by atoms with Gasteiger partial charge in [-0.2, -0.15) is 0 Å². The van der Waals surface area contributed by atoms with E-state index in [1.807, 2.05) is 20.8 Å². The molecule has 0 aliphatic carbocycles. The molecule has 2 N–H and O–H groups in total. The van der Waals surface area contributed by atoms with Gasteiger partial charge in [-0.05, 0) is 12.1 Å². The third-order valence-corrected chi connectivity index (χ3v) is 2.78. The zero-order valence-electron chi connectivity index (χ0n) is 10.8. The van der Waals surface area contributed by atoms with E-state index in [0.29, 0.717) is 16.5 Å². The van der Waals surface area contributed by atoms with Crippen molar-refractivity contribution >= 4 is 22.9 Å². The molecule has 0 aliphatic heterocycles. The average molecular weight is 245 g/mol. The summed E-state index contributed by atoms with van der Waals surface area (Å²) in [5.74, 6) is -0.120. The van der Waals surface area contributed by atoms with Crippen molar-refractivity contribution in [1.29, 1.82) is 0 Å². The molecule has 0 saturated carbocycles. The standard InChI is InChI=1S/C14H16FN3/c1-5-8-9(15)6-7-10-11(8)12(14(2,3)4)18-13(16)17-10/h5-7H,1H2,2-4H3,(H2,16,17,18). The summed E-state index contributed by atoms with van der Waals surface area (Å²) in [7, 11) is 0. The summed E-state index contributed by atoms with van der Waals surface area (Å²) in [6, 6.07) is 2.99. The molecule has 2 rings (SSSR count). The molecule has 1 aromatic heterocycles. The number of aromatic nitrogens is 2. The summed E-state index contributed by atoms with van der Waals surface area (Å²) in [4.78, 5) is 8.43. The Balaban J connectivity index is 3.00. The van der Waals surface area contributed by atoms with Gasteiger partial charge in [0.25, 0.3) is 0 Å². The van der Waals surface area contributed by atoms with Gasteiger partial charge in [0, 0.05) is 16.4 Å². The second-order valence-electron chi connectivity index (χ2n) is 5.24. The van der Waals surface area contributed by atoms with Crippen molar-refractivity contribution in [2.75, 3.05) is 5.73 Å². The molecular formula is C14H16FN3. The number of nitrogen functional groups attached to an aromatic ring is 1. The van der Waals surface area contributed by atoms with Crippen LogP contribution in [-0.4, -0.2) is 9.97 Å². The minimum absolute atomic E-state index is 0.203. The zero-order chi connectivity index (χ0) is 13.5. The molecule has 0 saturated heterocycles. The third kappa shape index (κ3) is 1.94. The highest BCUT2D eigenvalue weighted by molar-refractivity contribution is 5.91. The molecule has 0 bridgehead atoms. The van der Waals surface area contributed by atoms with E-state index in [2.05, 4.69) is 16.5 Å². The smallest absolute Gasteiger partial charge is 0.220 e. The summed E-state index contributed by atoms with van der Waals surface area (Å²) in [5, 5.41) is 0.687. The van der Waals surface area contributed by atoms with Crippen LogP contribution in [0, 0.1) is 5.82 Å². The normalized spacial score (nSPS) is 11.8. The monoisotopic (exact) mass is 245 g/mol. The number of anilines is 1. The van der Waals surface area contributed by atoms with Crippen LogP contribution in [0.25, 0.3) is 17.0 Å². The molecular weight excluding hydrogens is 229 g/mol. The molecule has 0 spiro atoms. The highest BCUT2D eigenvalue weighted by Crippen LogP contribution is 2.32. The van der Waals surface area contributed by atoms with Gasteiger partial charge in [-0.15, -0.1) is 0 Å². The SMILES string of the molecule is C=Cc1c(F)ccc2nc(N)nc(C(C)(C)C)c12. The maximum atomic E-state index is 13.8. The predicted octanol–water partition coefficient (Wildman–Crippen LogP) is 3.29. The van der Waals surface area contributed by atoms with Crippen LogP contribution in [0.3, 0.4) is 0 Å². The Labute approximate surface area is 106 Å². The van der Waals surface area contributed by atoms with E-state index in [0.717, 1.165) is 5.69 Å². The topological polar surface area (TPSA) is 51.8 Å². The first kappa shape index (κ1) is 12.5. The Morgan fingerprint density at radius 1 is 1.28 bits per heavy atom. The van der Waals surface area contributed by atoms with Crippen molar-refractivity contribution in [2.24, 2.45) is 0 Å². The molecule has 4 heteroatoms. The average Bonchev–Trinajstić information content (AvgIpc) is 2.27. The predicted molar refractivity (Wildman–Crippen MR) is 72.7 cm³/mol. The quantitative estimate of drug-likeness (QED) is 0.838. The van der Waals surface area contributed by atoms with E-state index < -0.39 is 0 Å². The summed E-state index contributed by atoms with van der Waals surface area (Å²) >= 11 is 0. The van der Waals surface area contributed by atoms with E-state index >= 15 is 0 Å². The molecule has 0 fully saturated rings. The number of hydrogen-bond donors (Lipinski definition) is 1. The lowest BCUT2D eigenvalue weighted by Crippen LogP contribution is -2.17. The molecule has 18 heavy (non-hydrogen) atoms. The minimum Gasteiger partial charge on any atom is -0.368 e. The van der Waals surface area contributed by atoms with Gasteiger partial charge < -0.3 is 5.73 Å². The van der Waals surface area contributed by atoms with Crippen LogP contribution >= 0.6 is 0 Å². The first-order chi connectivity index (χ1) is 8.34. The van der Waals surface area contributed by atoms with Gasteiger partial charge in [-0.3, -0.25) is 0 Å². The van der Waals surface area contributed by atoms with Gasteiger partial charge in [-0.1, -0.05) is 33.4 Å². The minimum atomic E-state index is -0.323. The van der Waals surface area contributed by atoms with Crippen molar-refractivity contribution in [3.63, 3.8) is 0 Å². The lowest BCUT2D eigenvalue weighted by atomic mass is 9.87. The molecule has 0 atom stereocenters. The Hall–Kier alpha value is -1.97. The van der Waals surface area contributed by atoms with E-state index in [1.165, 1.54) is 12.1 Å². The zero-order valence-corrected chi connectivity index (χ0v) is 10.8. The van der Waals surface area contributed by atoms with Gasteiger partial charge >= 0.3 is 0 Å². The van der Waals surface area contributed by atoms with Gasteiger partial charge in [0.2, 0.25) is 5.95 Å². The highest BCUT2D eigenvalue weighted by atomic mass is 19.1. The van der Waals surface area contributed by atoms with Gasteiger partial charge in [0.1, 0.15) is 5.82 Å². The van der Waals surface area contributed by atoms with E-state index in [9.17, 15) is 4.39 Å². The first-order valence-corrected chi connectivity index (χ1v) is 5.73. The van der Waals surface area contributed by atoms with E-state index in [4.69, 9.17) is 5.73 Å². The summed E-state index contributed by atoms with van der Waals surface area (Å²) < 4.78 is 13.8. The molecule has 94 valence electrons. The molecule has 0 aliphatic rings. The lowest BCUT2D eigenvalue weighted by molar-refractivity contribution is 0.574. The van der Waals surface area contributed by atoms with Crippen LogP contribution in [0.4, 0.5) is 10.3 Å². The molecule has 2 aromatic rings. The van der Waals surface area contributed by atoms with Crippen LogP contribution in [0.2, 0.25) is 0 Å². The fourth-order valence-corrected chi connectivity index (χ4v) is 1.99. The molecule has 3 nitrogen and oxygen atoms in total. The molecule has 0 radical (unpaired) electrons. The van der Waals surface area contributed by atoms with Crippen molar-refractivity contribution < 1.29 is 4.39 Å².